The molecule has 1 aliphatic rings. The minimum absolute atomic E-state index is 0.0850. The third-order valence-corrected chi connectivity index (χ3v) is 6.75. The van der Waals surface area contributed by atoms with Crippen molar-refractivity contribution < 1.29 is 14.3 Å². The van der Waals surface area contributed by atoms with E-state index in [1.54, 1.807) is 6.20 Å². The molecule has 1 aliphatic heterocycles. The fourth-order valence-electron chi connectivity index (χ4n) is 2.98. The molecule has 1 amide bonds. The van der Waals surface area contributed by atoms with Crippen molar-refractivity contribution in [2.45, 2.75) is 18.7 Å². The van der Waals surface area contributed by atoms with E-state index in [2.05, 4.69) is 26.2 Å². The minimum atomic E-state index is -0.196. The summed E-state index contributed by atoms with van der Waals surface area (Å²) >= 11 is 6.38. The summed E-state index contributed by atoms with van der Waals surface area (Å²) in [5, 5.41) is 4.82. The Morgan fingerprint density at radius 2 is 2.10 bits per heavy atom. The van der Waals surface area contributed by atoms with Crippen molar-refractivity contribution in [2.24, 2.45) is 0 Å². The molecule has 2 aromatic heterocycles. The molecule has 0 saturated heterocycles. The van der Waals surface area contributed by atoms with E-state index in [1.165, 1.54) is 33.6 Å². The normalized spacial score (nSPS) is 14.0. The van der Waals surface area contributed by atoms with Crippen molar-refractivity contribution in [2.75, 3.05) is 19.0 Å². The Morgan fingerprint density at radius 1 is 1.34 bits per heavy atom. The second-order valence-corrected chi connectivity index (χ2v) is 9.15. The number of nitrogens with one attached hydrogen (secondary N) is 1. The van der Waals surface area contributed by atoms with Gasteiger partial charge in [0.25, 0.3) is 5.56 Å². The molecule has 1 unspecified atom stereocenters. The highest BCUT2D eigenvalue weighted by Gasteiger charge is 2.19. The van der Waals surface area contributed by atoms with Crippen molar-refractivity contribution in [3.63, 3.8) is 0 Å². The molecule has 0 fully saturated rings. The van der Waals surface area contributed by atoms with Crippen LogP contribution in [0.15, 0.2) is 39.0 Å². The van der Waals surface area contributed by atoms with Crippen LogP contribution in [0, 0.1) is 0 Å². The lowest BCUT2D eigenvalue weighted by Crippen LogP contribution is -2.28. The highest BCUT2D eigenvalue weighted by Crippen LogP contribution is 2.37. The summed E-state index contributed by atoms with van der Waals surface area (Å²) in [4.78, 5) is 29.5. The zero-order valence-corrected chi connectivity index (χ0v) is 18.7. The number of aromatic nitrogens is 2. The maximum Gasteiger partial charge on any atom is 0.258 e. The number of carbonyl (C=O) groups is 1. The molecule has 7 nitrogen and oxygen atoms in total. The van der Waals surface area contributed by atoms with Gasteiger partial charge in [-0.1, -0.05) is 15.9 Å². The summed E-state index contributed by atoms with van der Waals surface area (Å²) in [6.07, 6.45) is 1.71. The first-order chi connectivity index (χ1) is 14.0. The van der Waals surface area contributed by atoms with Crippen LogP contribution in [0.3, 0.4) is 0 Å². The number of halogens is 1. The molecule has 0 spiro atoms. The number of nitrogens with zero attached hydrogens (tertiary/aromatic N) is 2. The molecule has 3 heterocycles. The summed E-state index contributed by atoms with van der Waals surface area (Å²) in [5.41, 5.74) is 1.50. The van der Waals surface area contributed by atoms with Gasteiger partial charge in [0.1, 0.15) is 13.2 Å². The van der Waals surface area contributed by atoms with Gasteiger partial charge in [0.05, 0.1) is 17.5 Å². The minimum Gasteiger partial charge on any atom is -0.486 e. The summed E-state index contributed by atoms with van der Waals surface area (Å²) < 4.78 is 13.6. The Kier molecular flexibility index (Phi) is 6.12. The van der Waals surface area contributed by atoms with Gasteiger partial charge in [-0.15, -0.1) is 23.1 Å². The zero-order valence-electron chi connectivity index (χ0n) is 15.5. The summed E-state index contributed by atoms with van der Waals surface area (Å²) in [7, 11) is 0. The quantitative estimate of drug-likeness (QED) is 0.564. The van der Waals surface area contributed by atoms with Gasteiger partial charge in [-0.25, -0.2) is 4.98 Å². The zero-order chi connectivity index (χ0) is 20.4. The van der Waals surface area contributed by atoms with Crippen LogP contribution in [0.4, 0.5) is 0 Å². The van der Waals surface area contributed by atoms with Crippen molar-refractivity contribution in [1.29, 1.82) is 0 Å². The predicted octanol–water partition coefficient (Wildman–Crippen LogP) is 3.40. The van der Waals surface area contributed by atoms with E-state index in [9.17, 15) is 9.59 Å². The second kappa shape index (κ2) is 8.76. The first kappa shape index (κ1) is 20.2. The Bertz CT molecular complexity index is 1110. The number of thiazole rings is 1. The monoisotopic (exact) mass is 495 g/mol. The van der Waals surface area contributed by atoms with Gasteiger partial charge in [-0.05, 0) is 24.6 Å². The molecular formula is C19H18BrN3O4S2. The molecule has 0 saturated carbocycles. The number of ether oxygens (including phenoxy) is 2. The largest absolute Gasteiger partial charge is 0.486 e. The fourth-order valence-corrected chi connectivity index (χ4v) is 5.11. The van der Waals surface area contributed by atoms with Crippen LogP contribution in [0.2, 0.25) is 0 Å². The average molecular weight is 496 g/mol. The van der Waals surface area contributed by atoms with E-state index in [0.29, 0.717) is 41.1 Å². The Balaban J connectivity index is 1.34. The lowest BCUT2D eigenvalue weighted by atomic mass is 10.1. The molecule has 0 bridgehead atoms. The fraction of sp³-hybridized carbons (Fsp3) is 0.316. The van der Waals surface area contributed by atoms with E-state index >= 15 is 0 Å². The summed E-state index contributed by atoms with van der Waals surface area (Å²) in [6.45, 7) is 2.97. The highest BCUT2D eigenvalue weighted by molar-refractivity contribution is 9.10. The van der Waals surface area contributed by atoms with Crippen LogP contribution in [0.1, 0.15) is 24.2 Å². The van der Waals surface area contributed by atoms with Gasteiger partial charge >= 0.3 is 0 Å². The van der Waals surface area contributed by atoms with E-state index in [-0.39, 0.29) is 23.3 Å². The van der Waals surface area contributed by atoms with Gasteiger partial charge in [0.2, 0.25) is 5.91 Å². The number of fused-ring (bicyclic) bond motifs is 2. The number of hydrogen-bond donors (Lipinski definition) is 1. The molecule has 29 heavy (non-hydrogen) atoms. The number of hydrogen-bond acceptors (Lipinski definition) is 7. The van der Waals surface area contributed by atoms with Crippen LogP contribution in [-0.4, -0.2) is 34.3 Å². The van der Waals surface area contributed by atoms with Crippen molar-refractivity contribution in [1.82, 2.24) is 14.7 Å². The Morgan fingerprint density at radius 3 is 2.90 bits per heavy atom. The molecular weight excluding hydrogens is 478 g/mol. The summed E-state index contributed by atoms with van der Waals surface area (Å²) in [5.74, 6) is 2.08. The molecule has 1 N–H and O–H groups in total. The first-order valence-corrected chi connectivity index (χ1v) is 11.8. The van der Waals surface area contributed by atoms with Gasteiger partial charge in [0, 0.05) is 27.9 Å². The third kappa shape index (κ3) is 4.59. The number of benzene rings is 1. The molecule has 152 valence electrons. The van der Waals surface area contributed by atoms with Crippen LogP contribution in [0.25, 0.3) is 4.96 Å². The van der Waals surface area contributed by atoms with E-state index < -0.39 is 0 Å². The molecule has 1 atom stereocenters. The van der Waals surface area contributed by atoms with E-state index in [4.69, 9.17) is 9.47 Å². The maximum absolute atomic E-state index is 12.4. The lowest BCUT2D eigenvalue weighted by molar-refractivity contribution is -0.119. The first-order valence-electron chi connectivity index (χ1n) is 8.93. The molecule has 1 aromatic carbocycles. The number of carbonyl (C=O) groups excluding carboxylic acids is 1. The van der Waals surface area contributed by atoms with Gasteiger partial charge in [-0.3, -0.25) is 14.0 Å². The topological polar surface area (TPSA) is 81.9 Å². The number of rotatable bonds is 6. The SMILES string of the molecule is CC(NC(=O)CSCc1cc(=O)n2ccsc2n1)c1cc2c(cc1Br)OCCO2. The van der Waals surface area contributed by atoms with Crippen molar-refractivity contribution in [3.05, 3.63) is 55.9 Å². The molecule has 0 radical (unpaired) electrons. The van der Waals surface area contributed by atoms with Gasteiger partial charge < -0.3 is 14.8 Å². The van der Waals surface area contributed by atoms with Gasteiger partial charge in [0.15, 0.2) is 16.5 Å². The number of amides is 1. The van der Waals surface area contributed by atoms with Crippen LogP contribution in [0.5, 0.6) is 11.5 Å². The maximum atomic E-state index is 12.4. The van der Waals surface area contributed by atoms with Gasteiger partial charge in [-0.2, -0.15) is 0 Å². The second-order valence-electron chi connectivity index (χ2n) is 6.44. The Hall–Kier alpha value is -2.04. The number of thioether (sulfide) groups is 1. The molecule has 10 heteroatoms. The smallest absolute Gasteiger partial charge is 0.258 e. The van der Waals surface area contributed by atoms with Crippen LogP contribution in [-0.2, 0) is 10.5 Å². The summed E-state index contributed by atoms with van der Waals surface area (Å²) in [6, 6.07) is 5.08. The Labute approximate surface area is 183 Å². The molecule has 4 rings (SSSR count). The highest BCUT2D eigenvalue weighted by atomic mass is 79.9. The molecule has 3 aromatic rings. The van der Waals surface area contributed by atoms with Crippen molar-refractivity contribution >= 4 is 49.9 Å². The standard InChI is InChI=1S/C19H18BrN3O4S2/c1-11(13-7-15-16(8-14(13)20)27-4-3-26-15)21-17(24)10-28-9-12-6-18(25)23-2-5-29-19(23)22-12/h2,5-8,11H,3-4,9-10H2,1H3,(H,21,24). The predicted molar refractivity (Wildman–Crippen MR) is 117 cm³/mol. The lowest BCUT2D eigenvalue weighted by Gasteiger charge is -2.22. The van der Waals surface area contributed by atoms with Crippen LogP contribution < -0.4 is 20.3 Å². The van der Waals surface area contributed by atoms with E-state index in [0.717, 1.165) is 10.0 Å². The third-order valence-electron chi connectivity index (χ3n) is 4.34. The molecule has 0 aliphatic carbocycles. The average Bonchev–Trinajstić information content (AvgIpc) is 3.16. The van der Waals surface area contributed by atoms with Crippen molar-refractivity contribution in [3.8, 4) is 11.5 Å². The van der Waals surface area contributed by atoms with E-state index in [1.807, 2.05) is 24.4 Å². The van der Waals surface area contributed by atoms with Crippen LogP contribution >= 0.6 is 39.0 Å².